The van der Waals surface area contributed by atoms with Crippen molar-refractivity contribution >= 4 is 11.9 Å². The number of carbonyl (C=O) groups is 2. The number of nitrogens with zero attached hydrogens (tertiary/aromatic N) is 1. The van der Waals surface area contributed by atoms with E-state index in [9.17, 15) is 9.59 Å². The zero-order valence-corrected chi connectivity index (χ0v) is 35.7. The second-order valence-corrected chi connectivity index (χ2v) is 14.6. The second kappa shape index (κ2) is 42.7. The minimum atomic E-state index is -0.0648. The average Bonchev–Trinajstić information content (AvgIpc) is 3.10. The van der Waals surface area contributed by atoms with Gasteiger partial charge in [-0.15, -0.1) is 6.54 Å². The van der Waals surface area contributed by atoms with E-state index in [-0.39, 0.29) is 39.1 Å². The Kier molecular flexibility index (Phi) is 44.0. The van der Waals surface area contributed by atoms with Crippen molar-refractivity contribution in [2.75, 3.05) is 26.2 Å². The van der Waals surface area contributed by atoms with Crippen LogP contribution in [0.1, 0.15) is 220 Å². The summed E-state index contributed by atoms with van der Waals surface area (Å²) in [5, 5.41) is 0. The van der Waals surface area contributed by atoms with E-state index in [1.807, 2.05) is 6.08 Å². The van der Waals surface area contributed by atoms with Crippen LogP contribution in [0.2, 0.25) is 0 Å². The van der Waals surface area contributed by atoms with Gasteiger partial charge in [-0.05, 0) is 77.3 Å². The number of unbranched alkanes of at least 4 members (excludes halogenated alkanes) is 22. The van der Waals surface area contributed by atoms with Gasteiger partial charge in [-0.2, -0.15) is 0 Å². The van der Waals surface area contributed by atoms with Crippen molar-refractivity contribution in [2.45, 2.75) is 226 Å². The van der Waals surface area contributed by atoms with Crippen molar-refractivity contribution in [1.29, 1.82) is 0 Å². The standard InChI is InChI=1S/C44H84NO4.Mo/c1-5-9-12-15-18-27-34-41-48-43(46)37-30-23-19-25-32-39-45(8-4)40-33-26-20-24-31-38-44(47)49-42(35-28-21-16-13-10-6-2)36-29-22-17-14-11-7-3;/h27,34,42H,4-26,28-33,35-41H2,1-3H3;/q-1;/b34-27-;. The van der Waals surface area contributed by atoms with Gasteiger partial charge in [0.15, 0.2) is 0 Å². The topological polar surface area (TPSA) is 55.8 Å². The van der Waals surface area contributed by atoms with Gasteiger partial charge >= 0.3 is 11.9 Å². The van der Waals surface area contributed by atoms with Crippen LogP contribution in [0, 0.1) is 6.92 Å². The molecule has 50 heavy (non-hydrogen) atoms. The second-order valence-electron chi connectivity index (χ2n) is 14.6. The monoisotopic (exact) mass is 789 g/mol. The quantitative estimate of drug-likeness (QED) is 0.0204. The average molecular weight is 787 g/mol. The molecule has 0 aliphatic rings. The Bertz CT molecular complexity index is 715. The molecule has 0 radical (unpaired) electrons. The molecule has 0 spiro atoms. The van der Waals surface area contributed by atoms with E-state index < -0.39 is 0 Å². The third kappa shape index (κ3) is 38.6. The molecule has 0 N–H and O–H groups in total. The van der Waals surface area contributed by atoms with Crippen LogP contribution in [0.3, 0.4) is 0 Å². The summed E-state index contributed by atoms with van der Waals surface area (Å²) in [6.07, 6.45) is 40.4. The fraction of sp³-hybridized carbons (Fsp3) is 0.886. The van der Waals surface area contributed by atoms with Gasteiger partial charge < -0.3 is 21.3 Å². The summed E-state index contributed by atoms with van der Waals surface area (Å²) in [7, 11) is 0. The largest absolute Gasteiger partial charge is 0.462 e. The van der Waals surface area contributed by atoms with Gasteiger partial charge in [0.25, 0.3) is 0 Å². The normalized spacial score (nSPS) is 11.5. The zero-order chi connectivity index (χ0) is 35.9. The summed E-state index contributed by atoms with van der Waals surface area (Å²) >= 11 is 0. The molecule has 0 heterocycles. The van der Waals surface area contributed by atoms with Crippen LogP contribution in [-0.4, -0.2) is 49.2 Å². The number of carbonyl (C=O) groups excluding carboxylic acids is 2. The van der Waals surface area contributed by atoms with Gasteiger partial charge in [-0.1, -0.05) is 155 Å². The number of rotatable bonds is 39. The molecule has 0 aromatic rings. The summed E-state index contributed by atoms with van der Waals surface area (Å²) in [5.74, 6) is -0.0357. The predicted molar refractivity (Wildman–Crippen MR) is 212 cm³/mol. The van der Waals surface area contributed by atoms with Gasteiger partial charge in [0.05, 0.1) is 0 Å². The van der Waals surface area contributed by atoms with Crippen molar-refractivity contribution in [1.82, 2.24) is 4.90 Å². The van der Waals surface area contributed by atoms with E-state index in [4.69, 9.17) is 9.47 Å². The Balaban J connectivity index is 0. The molecular formula is C44H84MoNO4-. The predicted octanol–water partition coefficient (Wildman–Crippen LogP) is 13.3. The van der Waals surface area contributed by atoms with E-state index in [2.05, 4.69) is 38.7 Å². The van der Waals surface area contributed by atoms with Crippen LogP contribution in [0.15, 0.2) is 12.2 Å². The molecule has 0 unspecified atom stereocenters. The minimum Gasteiger partial charge on any atom is -0.462 e. The van der Waals surface area contributed by atoms with E-state index in [1.165, 1.54) is 141 Å². The van der Waals surface area contributed by atoms with Crippen LogP contribution < -0.4 is 0 Å². The molecule has 6 heteroatoms. The molecule has 5 nitrogen and oxygen atoms in total. The molecular weight excluding hydrogens is 702 g/mol. The minimum absolute atomic E-state index is 0. The molecule has 0 bridgehead atoms. The van der Waals surface area contributed by atoms with E-state index in [0.29, 0.717) is 19.4 Å². The Morgan fingerprint density at radius 2 is 0.960 bits per heavy atom. The summed E-state index contributed by atoms with van der Waals surface area (Å²) in [6, 6.07) is 0. The first-order valence-corrected chi connectivity index (χ1v) is 21.6. The van der Waals surface area contributed by atoms with Crippen LogP contribution >= 0.6 is 0 Å². The maximum atomic E-state index is 12.7. The van der Waals surface area contributed by atoms with Gasteiger partial charge in [0.1, 0.15) is 12.7 Å². The van der Waals surface area contributed by atoms with E-state index >= 15 is 0 Å². The van der Waals surface area contributed by atoms with Crippen LogP contribution in [0.25, 0.3) is 0 Å². The number of hydrogen-bond donors (Lipinski definition) is 0. The molecule has 0 saturated carbocycles. The maximum absolute atomic E-state index is 12.7. The zero-order valence-electron chi connectivity index (χ0n) is 33.7. The molecule has 0 atom stereocenters. The SMILES string of the molecule is [CH2-]CN(CCCCCCCC(=O)OC/C=C\CCCCCC)CCCCCCCC(=O)OC(CCCCCCCC)CCCCCCCC.[Mo]. The fourth-order valence-electron chi connectivity index (χ4n) is 6.51. The van der Waals surface area contributed by atoms with Crippen LogP contribution in [-0.2, 0) is 40.1 Å². The van der Waals surface area contributed by atoms with Crippen molar-refractivity contribution in [3.63, 3.8) is 0 Å². The molecule has 0 aliphatic heterocycles. The van der Waals surface area contributed by atoms with Crippen molar-refractivity contribution in [3.8, 4) is 0 Å². The molecule has 0 aliphatic carbocycles. The molecule has 296 valence electrons. The van der Waals surface area contributed by atoms with Crippen LogP contribution in [0.5, 0.6) is 0 Å². The van der Waals surface area contributed by atoms with Gasteiger partial charge in [0, 0.05) is 33.9 Å². The Morgan fingerprint density at radius 1 is 0.540 bits per heavy atom. The summed E-state index contributed by atoms with van der Waals surface area (Å²) in [4.78, 5) is 27.1. The third-order valence-corrected chi connectivity index (χ3v) is 9.82. The molecule has 0 fully saturated rings. The summed E-state index contributed by atoms with van der Waals surface area (Å²) in [5.41, 5.74) is 0. The number of allylic oxidation sites excluding steroid dienone is 1. The van der Waals surface area contributed by atoms with Gasteiger partial charge in [-0.25, -0.2) is 0 Å². The first-order valence-electron chi connectivity index (χ1n) is 21.6. The van der Waals surface area contributed by atoms with Crippen LogP contribution in [0.4, 0.5) is 0 Å². The molecule has 0 amide bonds. The summed E-state index contributed by atoms with van der Waals surface area (Å²) < 4.78 is 11.3. The molecule has 0 aromatic carbocycles. The van der Waals surface area contributed by atoms with Crippen molar-refractivity contribution < 1.29 is 40.1 Å². The number of ether oxygens (including phenoxy) is 2. The van der Waals surface area contributed by atoms with Gasteiger partial charge in [0.2, 0.25) is 0 Å². The first-order chi connectivity index (χ1) is 24.1. The fourth-order valence-corrected chi connectivity index (χ4v) is 6.51. The van der Waals surface area contributed by atoms with E-state index in [1.54, 1.807) is 0 Å². The number of hydrogen-bond acceptors (Lipinski definition) is 5. The molecule has 0 rings (SSSR count). The summed E-state index contributed by atoms with van der Waals surface area (Å²) in [6.45, 7) is 14.4. The molecule has 0 saturated heterocycles. The van der Waals surface area contributed by atoms with Crippen molar-refractivity contribution in [3.05, 3.63) is 19.1 Å². The smallest absolute Gasteiger partial charge is 0.306 e. The third-order valence-electron chi connectivity index (χ3n) is 9.82. The Hall–Kier alpha value is -0.672. The molecule has 0 aromatic heterocycles. The Morgan fingerprint density at radius 3 is 1.46 bits per heavy atom. The maximum Gasteiger partial charge on any atom is 0.306 e. The van der Waals surface area contributed by atoms with Crippen molar-refractivity contribution in [2.24, 2.45) is 0 Å². The Labute approximate surface area is 326 Å². The van der Waals surface area contributed by atoms with E-state index in [0.717, 1.165) is 64.6 Å². The van der Waals surface area contributed by atoms with Gasteiger partial charge in [-0.3, -0.25) is 9.59 Å². The first kappa shape index (κ1) is 51.4. The number of esters is 2.